The lowest BCUT2D eigenvalue weighted by molar-refractivity contribution is 0.192. The molecular weight excluding hydrogens is 427 g/mol. The molecule has 0 radical (unpaired) electrons. The quantitative estimate of drug-likeness (QED) is 0.546. The molecule has 0 bridgehead atoms. The van der Waals surface area contributed by atoms with Gasteiger partial charge in [-0.05, 0) is 55.5 Å². The monoisotopic (exact) mass is 454 g/mol. The highest BCUT2D eigenvalue weighted by Gasteiger charge is 2.26. The Hall–Kier alpha value is -3.46. The molecule has 2 aromatic carbocycles. The van der Waals surface area contributed by atoms with E-state index in [9.17, 15) is 14.3 Å². The van der Waals surface area contributed by atoms with Gasteiger partial charge in [-0.15, -0.1) is 0 Å². The molecule has 0 spiro atoms. The molecule has 0 saturated carbocycles. The maximum Gasteiger partial charge on any atom is 0.404 e. The van der Waals surface area contributed by atoms with Gasteiger partial charge in [0, 0.05) is 38.2 Å². The van der Waals surface area contributed by atoms with Crippen LogP contribution < -0.4 is 10.2 Å². The number of benzene rings is 2. The number of rotatable bonds is 4. The number of amides is 1. The number of halogens is 1. The summed E-state index contributed by atoms with van der Waals surface area (Å²) in [6, 6.07) is 11.1. The molecule has 2 fully saturated rings. The van der Waals surface area contributed by atoms with Gasteiger partial charge in [-0.2, -0.15) is 0 Å². The van der Waals surface area contributed by atoms with Gasteiger partial charge in [-0.3, -0.25) is 0 Å². The second kappa shape index (κ2) is 10.4. The minimum atomic E-state index is -1.05. The molecule has 3 aromatic rings. The first kappa shape index (κ1) is 22.7. The molecule has 33 heavy (non-hydrogen) atoms. The third-order valence-electron chi connectivity index (χ3n) is 5.74. The fourth-order valence-electron chi connectivity index (χ4n) is 4.04. The summed E-state index contributed by atoms with van der Waals surface area (Å²) in [6.07, 6.45) is 2.31. The maximum absolute atomic E-state index is 13.9. The number of para-hydroxylation sites is 1. The summed E-state index contributed by atoms with van der Waals surface area (Å²) in [4.78, 5) is 21.9. The zero-order valence-electron chi connectivity index (χ0n) is 18.2. The van der Waals surface area contributed by atoms with Gasteiger partial charge in [0.25, 0.3) is 0 Å². The standard InChI is InChI=1S/C20H19FN4O3.C4H8O/c21-13-5-6-16-15(9-13)19(25-8-7-12(11-25)10-22-20(27)28)24-18(23-16)14-3-1-2-4-17(14)26;1-2-4-5-3-1/h1-6,9,12,22,26H,7-8,10-11H2,(H,27,28);1-4H2. The van der Waals surface area contributed by atoms with Crippen molar-refractivity contribution < 1.29 is 24.1 Å². The summed E-state index contributed by atoms with van der Waals surface area (Å²) >= 11 is 0. The number of phenolic OH excluding ortho intramolecular Hbond substituents is 1. The van der Waals surface area contributed by atoms with E-state index in [0.29, 0.717) is 47.7 Å². The number of phenols is 1. The van der Waals surface area contributed by atoms with E-state index in [2.05, 4.69) is 15.3 Å². The van der Waals surface area contributed by atoms with Gasteiger partial charge in [-0.1, -0.05) is 12.1 Å². The minimum absolute atomic E-state index is 0.0693. The number of nitrogens with zero attached hydrogens (tertiary/aromatic N) is 3. The molecule has 8 nitrogen and oxygen atoms in total. The van der Waals surface area contributed by atoms with Gasteiger partial charge in [-0.25, -0.2) is 19.2 Å². The van der Waals surface area contributed by atoms with Crippen molar-refractivity contribution in [2.75, 3.05) is 37.7 Å². The largest absolute Gasteiger partial charge is 0.507 e. The van der Waals surface area contributed by atoms with Gasteiger partial charge in [0.05, 0.1) is 11.1 Å². The number of carbonyl (C=O) groups is 1. The molecule has 9 heteroatoms. The first-order valence-corrected chi connectivity index (χ1v) is 11.1. The molecule has 174 valence electrons. The van der Waals surface area contributed by atoms with Gasteiger partial charge < -0.3 is 25.2 Å². The molecule has 5 rings (SSSR count). The van der Waals surface area contributed by atoms with Crippen molar-refractivity contribution in [3.63, 3.8) is 0 Å². The van der Waals surface area contributed by atoms with E-state index in [1.807, 2.05) is 4.90 Å². The van der Waals surface area contributed by atoms with Crippen LogP contribution in [0.3, 0.4) is 0 Å². The Morgan fingerprint density at radius 1 is 1.18 bits per heavy atom. The van der Waals surface area contributed by atoms with Gasteiger partial charge >= 0.3 is 6.09 Å². The number of aromatic hydroxyl groups is 1. The van der Waals surface area contributed by atoms with Crippen LogP contribution in [-0.4, -0.2) is 59.1 Å². The fourth-order valence-corrected chi connectivity index (χ4v) is 4.04. The zero-order valence-corrected chi connectivity index (χ0v) is 18.2. The molecule has 1 atom stereocenters. The number of carboxylic acid groups (broad SMARTS) is 1. The van der Waals surface area contributed by atoms with Crippen LogP contribution in [0.5, 0.6) is 5.75 Å². The first-order chi connectivity index (χ1) is 16.0. The Morgan fingerprint density at radius 2 is 1.97 bits per heavy atom. The molecular formula is C24H27FN4O4. The van der Waals surface area contributed by atoms with E-state index in [-0.39, 0.29) is 17.5 Å². The van der Waals surface area contributed by atoms with Crippen LogP contribution in [0, 0.1) is 11.7 Å². The summed E-state index contributed by atoms with van der Waals surface area (Å²) in [5.74, 6) is 0.777. The Bertz CT molecular complexity index is 1120. The number of fused-ring (bicyclic) bond motifs is 1. The van der Waals surface area contributed by atoms with Crippen LogP contribution in [0.15, 0.2) is 42.5 Å². The van der Waals surface area contributed by atoms with Crippen LogP contribution in [0.1, 0.15) is 19.3 Å². The highest BCUT2D eigenvalue weighted by molar-refractivity contribution is 5.91. The van der Waals surface area contributed by atoms with Crippen LogP contribution in [-0.2, 0) is 4.74 Å². The molecule has 2 saturated heterocycles. The maximum atomic E-state index is 13.9. The SMILES string of the molecule is C1CCOC1.O=C(O)NCC1CCN(c2nc(-c3ccccc3O)nc3ccc(F)cc23)C1. The number of hydrogen-bond donors (Lipinski definition) is 3. The van der Waals surface area contributed by atoms with Crippen molar-refractivity contribution in [1.82, 2.24) is 15.3 Å². The van der Waals surface area contributed by atoms with Crippen molar-refractivity contribution in [1.29, 1.82) is 0 Å². The number of ether oxygens (including phenoxy) is 1. The molecule has 0 aliphatic carbocycles. The number of hydrogen-bond acceptors (Lipinski definition) is 6. The van der Waals surface area contributed by atoms with Crippen molar-refractivity contribution in [2.45, 2.75) is 19.3 Å². The molecule has 1 aromatic heterocycles. The van der Waals surface area contributed by atoms with E-state index in [4.69, 9.17) is 9.84 Å². The van der Waals surface area contributed by atoms with Crippen molar-refractivity contribution in [3.8, 4) is 17.1 Å². The van der Waals surface area contributed by atoms with Crippen LogP contribution in [0.4, 0.5) is 15.0 Å². The summed E-state index contributed by atoms with van der Waals surface area (Å²) in [5, 5.41) is 22.0. The smallest absolute Gasteiger partial charge is 0.404 e. The molecule has 2 aliphatic heterocycles. The third-order valence-corrected chi connectivity index (χ3v) is 5.74. The lowest BCUT2D eigenvalue weighted by Crippen LogP contribution is -2.30. The van der Waals surface area contributed by atoms with E-state index in [1.54, 1.807) is 30.3 Å². The summed E-state index contributed by atoms with van der Waals surface area (Å²) in [6.45, 7) is 3.63. The Kier molecular flexibility index (Phi) is 7.19. The van der Waals surface area contributed by atoms with Crippen LogP contribution >= 0.6 is 0 Å². The van der Waals surface area contributed by atoms with Crippen LogP contribution in [0.25, 0.3) is 22.3 Å². The summed E-state index contributed by atoms with van der Waals surface area (Å²) in [7, 11) is 0. The van der Waals surface area contributed by atoms with E-state index >= 15 is 0 Å². The number of anilines is 1. The molecule has 1 unspecified atom stereocenters. The predicted octanol–water partition coefficient (Wildman–Crippen LogP) is 4.03. The predicted molar refractivity (Wildman–Crippen MR) is 123 cm³/mol. The highest BCUT2D eigenvalue weighted by atomic mass is 19.1. The van der Waals surface area contributed by atoms with Crippen molar-refractivity contribution >= 4 is 22.8 Å². The minimum Gasteiger partial charge on any atom is -0.507 e. The first-order valence-electron chi connectivity index (χ1n) is 11.1. The average Bonchev–Trinajstić information content (AvgIpc) is 3.53. The van der Waals surface area contributed by atoms with E-state index in [0.717, 1.165) is 19.6 Å². The Morgan fingerprint density at radius 3 is 2.67 bits per heavy atom. The molecule has 1 amide bonds. The lowest BCUT2D eigenvalue weighted by Gasteiger charge is -2.20. The number of nitrogens with one attached hydrogen (secondary N) is 1. The molecule has 2 aliphatic rings. The molecule has 3 heterocycles. The van der Waals surface area contributed by atoms with Crippen LogP contribution in [0.2, 0.25) is 0 Å². The zero-order chi connectivity index (χ0) is 23.2. The third kappa shape index (κ3) is 5.67. The Balaban J connectivity index is 0.000000459. The fraction of sp³-hybridized carbons (Fsp3) is 0.375. The summed E-state index contributed by atoms with van der Waals surface area (Å²) in [5.41, 5.74) is 1.08. The lowest BCUT2D eigenvalue weighted by atomic mass is 10.1. The second-order valence-electron chi connectivity index (χ2n) is 8.16. The van der Waals surface area contributed by atoms with Crippen molar-refractivity contribution in [2.24, 2.45) is 5.92 Å². The Labute approximate surface area is 191 Å². The van der Waals surface area contributed by atoms with E-state index in [1.165, 1.54) is 25.0 Å². The number of aromatic nitrogens is 2. The highest BCUT2D eigenvalue weighted by Crippen LogP contribution is 2.33. The van der Waals surface area contributed by atoms with Gasteiger partial charge in [0.1, 0.15) is 17.4 Å². The average molecular weight is 455 g/mol. The van der Waals surface area contributed by atoms with Crippen molar-refractivity contribution in [3.05, 3.63) is 48.3 Å². The van der Waals surface area contributed by atoms with Gasteiger partial charge in [0.15, 0.2) is 5.82 Å². The van der Waals surface area contributed by atoms with Gasteiger partial charge in [0.2, 0.25) is 0 Å². The molecule has 3 N–H and O–H groups in total. The second-order valence-corrected chi connectivity index (χ2v) is 8.16. The summed E-state index contributed by atoms with van der Waals surface area (Å²) < 4.78 is 18.8. The normalized spacial score (nSPS) is 17.6. The topological polar surface area (TPSA) is 108 Å². The van der Waals surface area contributed by atoms with E-state index < -0.39 is 6.09 Å².